The van der Waals surface area contributed by atoms with Crippen molar-refractivity contribution in [3.63, 3.8) is 0 Å². The number of alkyl halides is 1. The van der Waals surface area contributed by atoms with E-state index in [1.165, 1.54) is 9.25 Å². The number of aromatic nitrogens is 3. The minimum atomic E-state index is -0.759. The van der Waals surface area contributed by atoms with Crippen molar-refractivity contribution in [1.29, 1.82) is 0 Å². The number of hydrogen-bond donors (Lipinski definition) is 0. The van der Waals surface area contributed by atoms with E-state index in [9.17, 15) is 9.59 Å². The van der Waals surface area contributed by atoms with Crippen molar-refractivity contribution in [1.82, 2.24) is 14.3 Å². The maximum Gasteiger partial charge on any atom is 0.435 e. The predicted molar refractivity (Wildman–Crippen MR) is 171 cm³/mol. The molecule has 0 N–H and O–H groups in total. The molecule has 0 unspecified atom stereocenters. The number of benzene rings is 3. The summed E-state index contributed by atoms with van der Waals surface area (Å²) < 4.78 is 26.0. The molecule has 230 valence electrons. The van der Waals surface area contributed by atoms with Crippen LogP contribution in [0.2, 0.25) is 0 Å². The lowest BCUT2D eigenvalue weighted by atomic mass is 10.1. The van der Waals surface area contributed by atoms with Crippen LogP contribution in [0, 0.1) is 0 Å². The van der Waals surface area contributed by atoms with Gasteiger partial charge >= 0.3 is 12.2 Å². The molecule has 44 heavy (non-hydrogen) atoms. The van der Waals surface area contributed by atoms with Crippen molar-refractivity contribution in [2.24, 2.45) is 0 Å². The van der Waals surface area contributed by atoms with Gasteiger partial charge < -0.3 is 18.9 Å². The monoisotopic (exact) mass is 617 g/mol. The molecule has 0 aliphatic carbocycles. The second kappa shape index (κ2) is 12.2. The van der Waals surface area contributed by atoms with Crippen molar-refractivity contribution in [3.05, 3.63) is 78.4 Å². The Morgan fingerprint density at radius 2 is 1.41 bits per heavy atom. The van der Waals surface area contributed by atoms with E-state index in [1.54, 1.807) is 65.8 Å². The Bertz CT molecular complexity index is 1810. The first-order valence-electron chi connectivity index (χ1n) is 14.3. The van der Waals surface area contributed by atoms with Gasteiger partial charge in [-0.15, -0.1) is 11.6 Å². The fraction of sp³-hybridized carbons (Fsp3) is 0.324. The molecule has 0 fully saturated rings. The van der Waals surface area contributed by atoms with Crippen molar-refractivity contribution in [2.75, 3.05) is 12.5 Å². The number of carbonyl (C=O) groups is 2. The zero-order chi connectivity index (χ0) is 31.6. The Hall–Kier alpha value is -4.50. The molecular weight excluding hydrogens is 582 g/mol. The molecule has 10 heteroatoms. The Labute approximate surface area is 261 Å². The van der Waals surface area contributed by atoms with Crippen LogP contribution in [-0.4, -0.2) is 50.2 Å². The lowest BCUT2D eigenvalue weighted by Crippen LogP contribution is -2.28. The topological polar surface area (TPSA) is 93.8 Å². The summed E-state index contributed by atoms with van der Waals surface area (Å²) in [4.78, 5) is 27.1. The smallest absolute Gasteiger partial charge is 0.435 e. The highest BCUT2D eigenvalue weighted by molar-refractivity contribution is 6.18. The zero-order valence-electron chi connectivity index (χ0n) is 25.7. The molecule has 0 spiro atoms. The maximum absolute atomic E-state index is 13.7. The quantitative estimate of drug-likeness (QED) is 0.169. The van der Waals surface area contributed by atoms with E-state index in [0.717, 1.165) is 10.9 Å². The summed E-state index contributed by atoms with van der Waals surface area (Å²) in [6, 6.07) is 22.4. The van der Waals surface area contributed by atoms with Crippen LogP contribution in [0.15, 0.2) is 72.8 Å². The van der Waals surface area contributed by atoms with Gasteiger partial charge in [-0.25, -0.2) is 14.2 Å². The predicted octanol–water partition coefficient (Wildman–Crippen LogP) is 8.42. The minimum absolute atomic E-state index is 0.337. The molecule has 3 aromatic carbocycles. The fourth-order valence-corrected chi connectivity index (χ4v) is 4.76. The van der Waals surface area contributed by atoms with Crippen molar-refractivity contribution in [2.45, 2.75) is 59.4 Å². The number of rotatable bonds is 7. The Balaban J connectivity index is 1.70. The third-order valence-corrected chi connectivity index (χ3v) is 6.56. The molecule has 0 aliphatic heterocycles. The van der Waals surface area contributed by atoms with Crippen LogP contribution in [0.1, 0.15) is 47.1 Å². The maximum atomic E-state index is 13.7. The average Bonchev–Trinajstić information content (AvgIpc) is 3.52. The molecule has 9 nitrogen and oxygen atoms in total. The molecule has 5 rings (SSSR count). The van der Waals surface area contributed by atoms with E-state index in [4.69, 9.17) is 35.6 Å². The van der Waals surface area contributed by atoms with Crippen LogP contribution >= 0.6 is 11.6 Å². The van der Waals surface area contributed by atoms with E-state index in [1.807, 2.05) is 48.5 Å². The highest BCUT2D eigenvalue weighted by atomic mass is 35.5. The van der Waals surface area contributed by atoms with Crippen LogP contribution in [0.4, 0.5) is 9.59 Å². The van der Waals surface area contributed by atoms with Gasteiger partial charge in [0.15, 0.2) is 0 Å². The number of ether oxygens (including phenoxy) is 4. The van der Waals surface area contributed by atoms with E-state index >= 15 is 0 Å². The zero-order valence-corrected chi connectivity index (χ0v) is 26.5. The van der Waals surface area contributed by atoms with Gasteiger partial charge in [-0.2, -0.15) is 9.78 Å². The largest absolute Gasteiger partial charge is 0.492 e. The van der Waals surface area contributed by atoms with Crippen molar-refractivity contribution in [3.8, 4) is 22.9 Å². The summed E-state index contributed by atoms with van der Waals surface area (Å²) in [5.41, 5.74) is 1.38. The average molecular weight is 618 g/mol. The fourth-order valence-electron chi connectivity index (χ4n) is 4.68. The highest BCUT2D eigenvalue weighted by Crippen LogP contribution is 2.36. The number of carbonyl (C=O) groups excluding carboxylic acids is 2. The van der Waals surface area contributed by atoms with E-state index < -0.39 is 23.4 Å². The lowest BCUT2D eigenvalue weighted by Gasteiger charge is -2.21. The van der Waals surface area contributed by atoms with Crippen LogP contribution in [0.25, 0.3) is 33.2 Å². The van der Waals surface area contributed by atoms with Gasteiger partial charge in [-0.3, -0.25) is 0 Å². The summed E-state index contributed by atoms with van der Waals surface area (Å²) in [6.45, 7) is 11.5. The molecule has 0 saturated heterocycles. The molecule has 0 atom stereocenters. The van der Waals surface area contributed by atoms with Crippen molar-refractivity contribution >= 4 is 45.6 Å². The minimum Gasteiger partial charge on any atom is -0.492 e. The van der Waals surface area contributed by atoms with Crippen LogP contribution in [-0.2, 0) is 16.1 Å². The number of fused-ring (bicyclic) bond motifs is 2. The molecule has 0 aliphatic rings. The third-order valence-electron chi connectivity index (χ3n) is 6.40. The SMILES string of the molecule is CC(C)(C)OC(=O)n1nc(-c2cc3cc(OCCCl)ccc3n2C(=O)OC(C)(C)C)c2cc(OCc3ccccc3)ccc21. The molecule has 0 saturated carbocycles. The Kier molecular flexibility index (Phi) is 8.61. The van der Waals surface area contributed by atoms with E-state index in [2.05, 4.69) is 0 Å². The Morgan fingerprint density at radius 1 is 0.773 bits per heavy atom. The van der Waals surface area contributed by atoms with Crippen LogP contribution < -0.4 is 9.47 Å². The second-order valence-corrected chi connectivity index (χ2v) is 12.7. The summed E-state index contributed by atoms with van der Waals surface area (Å²) >= 11 is 5.83. The van der Waals surface area contributed by atoms with Gasteiger partial charge in [0.1, 0.15) is 41.6 Å². The molecule has 0 radical (unpaired) electrons. The first-order valence-corrected chi connectivity index (χ1v) is 14.9. The molecule has 0 bridgehead atoms. The van der Waals surface area contributed by atoms with Crippen molar-refractivity contribution < 1.29 is 28.5 Å². The summed E-state index contributed by atoms with van der Waals surface area (Å²) in [7, 11) is 0. The van der Waals surface area contributed by atoms with Crippen LogP contribution in [0.5, 0.6) is 11.5 Å². The first-order chi connectivity index (χ1) is 20.8. The standard InChI is InChI=1S/C34H36ClN3O6/c1-33(2,3)43-31(39)37-27-14-12-24(41-17-16-35)18-23(27)19-29(37)30-26-20-25(42-21-22-10-8-7-9-11-22)13-15-28(26)38(36-30)32(40)44-34(4,5)6/h7-15,18-20H,16-17,21H2,1-6H3. The van der Waals surface area contributed by atoms with Gasteiger partial charge in [0.2, 0.25) is 0 Å². The molecule has 2 heterocycles. The van der Waals surface area contributed by atoms with Gasteiger partial charge in [0.25, 0.3) is 0 Å². The van der Waals surface area contributed by atoms with Crippen LogP contribution in [0.3, 0.4) is 0 Å². The van der Waals surface area contributed by atoms with E-state index in [0.29, 0.717) is 58.4 Å². The molecule has 2 aromatic heterocycles. The van der Waals surface area contributed by atoms with E-state index in [-0.39, 0.29) is 0 Å². The lowest BCUT2D eigenvalue weighted by molar-refractivity contribution is 0.0520. The van der Waals surface area contributed by atoms with Gasteiger partial charge in [0.05, 0.1) is 22.6 Å². The van der Waals surface area contributed by atoms with Gasteiger partial charge in [-0.05, 0) is 89.6 Å². The number of hydrogen-bond acceptors (Lipinski definition) is 7. The highest BCUT2D eigenvalue weighted by Gasteiger charge is 2.28. The normalized spacial score (nSPS) is 12.0. The van der Waals surface area contributed by atoms with Gasteiger partial charge in [0, 0.05) is 10.8 Å². The number of nitrogens with zero attached hydrogens (tertiary/aromatic N) is 3. The third kappa shape index (κ3) is 7.00. The molecular formula is C34H36ClN3O6. The van der Waals surface area contributed by atoms with Gasteiger partial charge in [-0.1, -0.05) is 30.3 Å². The molecule has 0 amide bonds. The summed E-state index contributed by atoms with van der Waals surface area (Å²) in [5.74, 6) is 1.51. The summed E-state index contributed by atoms with van der Waals surface area (Å²) in [5, 5.41) is 6.03. The summed E-state index contributed by atoms with van der Waals surface area (Å²) in [6.07, 6.45) is -1.24. The first kappa shape index (κ1) is 30.9. The second-order valence-electron chi connectivity index (χ2n) is 12.3. The molecule has 5 aromatic rings. The Morgan fingerprint density at radius 3 is 2.07 bits per heavy atom. The number of halogens is 1.